The van der Waals surface area contributed by atoms with Crippen LogP contribution < -0.4 is 0 Å². The second kappa shape index (κ2) is 5.54. The summed E-state index contributed by atoms with van der Waals surface area (Å²) in [4.78, 5) is 8.88. The molecule has 0 spiro atoms. The van der Waals surface area contributed by atoms with Crippen molar-refractivity contribution in [2.75, 3.05) is 0 Å². The molecule has 23 heavy (non-hydrogen) atoms. The lowest BCUT2D eigenvalue weighted by molar-refractivity contribution is 0.480. The lowest BCUT2D eigenvalue weighted by Crippen LogP contribution is -1.85. The predicted molar refractivity (Wildman–Crippen MR) is 94.1 cm³/mol. The summed E-state index contributed by atoms with van der Waals surface area (Å²) in [6.07, 6.45) is 5.79. The Hall–Kier alpha value is -3.20. The van der Waals surface area contributed by atoms with E-state index in [-0.39, 0.29) is 5.75 Å². The van der Waals surface area contributed by atoms with Crippen LogP contribution in [0.15, 0.2) is 66.9 Å². The SMILES string of the molecule is Oc1cccc2ccc(C=Cc3ccnc4ccccc34)nc12. The molecule has 2 aromatic heterocycles. The van der Waals surface area contributed by atoms with Gasteiger partial charge in [0.05, 0.1) is 11.2 Å². The average molecular weight is 298 g/mol. The normalized spacial score (nSPS) is 11.5. The predicted octanol–water partition coefficient (Wildman–Crippen LogP) is 4.66. The third-order valence-electron chi connectivity index (χ3n) is 3.84. The van der Waals surface area contributed by atoms with Gasteiger partial charge in [-0.15, -0.1) is 0 Å². The van der Waals surface area contributed by atoms with Crippen molar-refractivity contribution in [2.45, 2.75) is 0 Å². The lowest BCUT2D eigenvalue weighted by Gasteiger charge is -2.02. The Morgan fingerprint density at radius 2 is 1.74 bits per heavy atom. The molecule has 0 saturated carbocycles. The molecule has 0 aliphatic carbocycles. The highest BCUT2D eigenvalue weighted by Gasteiger charge is 2.02. The minimum atomic E-state index is 0.201. The van der Waals surface area contributed by atoms with Crippen molar-refractivity contribution in [1.29, 1.82) is 0 Å². The summed E-state index contributed by atoms with van der Waals surface area (Å²) in [5.41, 5.74) is 3.49. The number of phenols is 1. The van der Waals surface area contributed by atoms with E-state index in [0.717, 1.165) is 27.5 Å². The summed E-state index contributed by atoms with van der Waals surface area (Å²) in [7, 11) is 0. The number of aromatic hydroxyl groups is 1. The Morgan fingerprint density at radius 3 is 2.70 bits per heavy atom. The third-order valence-corrected chi connectivity index (χ3v) is 3.84. The van der Waals surface area contributed by atoms with Crippen LogP contribution in [0.2, 0.25) is 0 Å². The van der Waals surface area contributed by atoms with Crippen molar-refractivity contribution >= 4 is 34.0 Å². The number of aromatic nitrogens is 2. The van der Waals surface area contributed by atoms with E-state index >= 15 is 0 Å². The van der Waals surface area contributed by atoms with Crippen LogP contribution in [0.4, 0.5) is 0 Å². The standard InChI is InChI=1S/C20H14N2O/c23-19-7-3-4-15-9-11-16(22-20(15)19)10-8-14-12-13-21-18-6-2-1-5-17(14)18/h1-13,23H. The molecule has 0 saturated heterocycles. The van der Waals surface area contributed by atoms with Crippen LogP contribution in [-0.4, -0.2) is 15.1 Å². The van der Waals surface area contributed by atoms with Gasteiger partial charge in [0.25, 0.3) is 0 Å². The first kappa shape index (κ1) is 13.5. The van der Waals surface area contributed by atoms with Crippen LogP contribution in [0, 0.1) is 0 Å². The smallest absolute Gasteiger partial charge is 0.141 e. The van der Waals surface area contributed by atoms with E-state index in [0.29, 0.717) is 5.52 Å². The summed E-state index contributed by atoms with van der Waals surface area (Å²) >= 11 is 0. The van der Waals surface area contributed by atoms with Gasteiger partial charge in [-0.1, -0.05) is 42.5 Å². The molecule has 3 nitrogen and oxygen atoms in total. The minimum absolute atomic E-state index is 0.201. The molecule has 0 unspecified atom stereocenters. The highest BCUT2D eigenvalue weighted by Crippen LogP contribution is 2.23. The van der Waals surface area contributed by atoms with E-state index < -0.39 is 0 Å². The fraction of sp³-hybridized carbons (Fsp3) is 0. The highest BCUT2D eigenvalue weighted by atomic mass is 16.3. The fourth-order valence-electron chi connectivity index (χ4n) is 2.68. The first-order valence-corrected chi connectivity index (χ1v) is 7.42. The Balaban J connectivity index is 1.77. The Kier molecular flexibility index (Phi) is 3.24. The molecular formula is C20H14N2O. The first-order valence-electron chi connectivity index (χ1n) is 7.42. The molecular weight excluding hydrogens is 284 g/mol. The van der Waals surface area contributed by atoms with Crippen LogP contribution in [0.3, 0.4) is 0 Å². The average Bonchev–Trinajstić information content (AvgIpc) is 2.60. The van der Waals surface area contributed by atoms with Gasteiger partial charge < -0.3 is 5.11 Å². The van der Waals surface area contributed by atoms with Crippen molar-refractivity contribution in [2.24, 2.45) is 0 Å². The number of phenolic OH excluding ortho intramolecular Hbond substituents is 1. The molecule has 2 aromatic carbocycles. The van der Waals surface area contributed by atoms with Crippen molar-refractivity contribution in [1.82, 2.24) is 9.97 Å². The van der Waals surface area contributed by atoms with E-state index in [1.54, 1.807) is 6.07 Å². The van der Waals surface area contributed by atoms with Crippen LogP contribution in [0.25, 0.3) is 34.0 Å². The van der Waals surface area contributed by atoms with E-state index in [9.17, 15) is 5.11 Å². The second-order valence-corrected chi connectivity index (χ2v) is 5.34. The summed E-state index contributed by atoms with van der Waals surface area (Å²) in [6, 6.07) is 19.3. The molecule has 1 N–H and O–H groups in total. The first-order chi connectivity index (χ1) is 11.3. The summed E-state index contributed by atoms with van der Waals surface area (Å²) in [6.45, 7) is 0. The van der Waals surface area contributed by atoms with E-state index in [4.69, 9.17) is 0 Å². The van der Waals surface area contributed by atoms with Crippen LogP contribution in [0.5, 0.6) is 5.75 Å². The number of hydrogen-bond donors (Lipinski definition) is 1. The van der Waals surface area contributed by atoms with Crippen molar-refractivity contribution in [3.63, 3.8) is 0 Å². The zero-order chi connectivity index (χ0) is 15.6. The van der Waals surface area contributed by atoms with Gasteiger partial charge in [-0.05, 0) is 35.9 Å². The van der Waals surface area contributed by atoms with Crippen molar-refractivity contribution < 1.29 is 5.11 Å². The zero-order valence-corrected chi connectivity index (χ0v) is 12.3. The summed E-state index contributed by atoms with van der Waals surface area (Å²) in [5.74, 6) is 0.201. The minimum Gasteiger partial charge on any atom is -0.506 e. The van der Waals surface area contributed by atoms with Gasteiger partial charge >= 0.3 is 0 Å². The summed E-state index contributed by atoms with van der Waals surface area (Å²) < 4.78 is 0. The molecule has 0 aliphatic heterocycles. The Bertz CT molecular complexity index is 1030. The zero-order valence-electron chi connectivity index (χ0n) is 12.3. The van der Waals surface area contributed by atoms with Crippen LogP contribution in [0.1, 0.15) is 11.3 Å². The molecule has 0 amide bonds. The molecule has 4 aromatic rings. The maximum absolute atomic E-state index is 9.93. The topological polar surface area (TPSA) is 46.0 Å². The molecule has 0 radical (unpaired) electrons. The van der Waals surface area contributed by atoms with Crippen molar-refractivity contribution in [3.8, 4) is 5.75 Å². The molecule has 0 aliphatic rings. The largest absolute Gasteiger partial charge is 0.506 e. The molecule has 0 atom stereocenters. The Morgan fingerprint density at radius 1 is 0.826 bits per heavy atom. The maximum atomic E-state index is 9.93. The number of para-hydroxylation sites is 2. The third kappa shape index (κ3) is 2.53. The highest BCUT2D eigenvalue weighted by molar-refractivity contribution is 5.91. The van der Waals surface area contributed by atoms with Gasteiger partial charge in [0, 0.05) is 17.0 Å². The molecule has 3 heteroatoms. The van der Waals surface area contributed by atoms with Gasteiger partial charge in [-0.2, -0.15) is 0 Å². The number of hydrogen-bond acceptors (Lipinski definition) is 3. The van der Waals surface area contributed by atoms with Gasteiger partial charge in [0.2, 0.25) is 0 Å². The van der Waals surface area contributed by atoms with Gasteiger partial charge in [-0.25, -0.2) is 4.98 Å². The number of fused-ring (bicyclic) bond motifs is 2. The number of nitrogens with zero attached hydrogens (tertiary/aromatic N) is 2. The number of benzene rings is 2. The van der Waals surface area contributed by atoms with Gasteiger partial charge in [-0.3, -0.25) is 4.98 Å². The lowest BCUT2D eigenvalue weighted by atomic mass is 10.1. The molecule has 0 fully saturated rings. The fourth-order valence-corrected chi connectivity index (χ4v) is 2.68. The molecule has 2 heterocycles. The van der Waals surface area contributed by atoms with E-state index in [1.807, 2.05) is 66.9 Å². The van der Waals surface area contributed by atoms with E-state index in [2.05, 4.69) is 16.0 Å². The van der Waals surface area contributed by atoms with Gasteiger partial charge in [0.15, 0.2) is 0 Å². The quantitative estimate of drug-likeness (QED) is 0.585. The second-order valence-electron chi connectivity index (χ2n) is 5.34. The van der Waals surface area contributed by atoms with Crippen LogP contribution in [-0.2, 0) is 0 Å². The number of rotatable bonds is 2. The molecule has 110 valence electrons. The van der Waals surface area contributed by atoms with Crippen LogP contribution >= 0.6 is 0 Å². The monoisotopic (exact) mass is 298 g/mol. The van der Waals surface area contributed by atoms with Gasteiger partial charge in [0.1, 0.15) is 11.3 Å². The number of pyridine rings is 2. The molecule has 0 bridgehead atoms. The maximum Gasteiger partial charge on any atom is 0.141 e. The Labute approximate surface area is 133 Å². The molecule has 4 rings (SSSR count). The van der Waals surface area contributed by atoms with E-state index in [1.165, 1.54) is 0 Å². The van der Waals surface area contributed by atoms with Crippen molar-refractivity contribution in [3.05, 3.63) is 78.1 Å². The summed E-state index contributed by atoms with van der Waals surface area (Å²) in [5, 5.41) is 12.0.